The summed E-state index contributed by atoms with van der Waals surface area (Å²) < 4.78 is 32.5. The third-order valence-corrected chi connectivity index (χ3v) is 5.16. The van der Waals surface area contributed by atoms with Gasteiger partial charge in [0.15, 0.2) is 0 Å². The predicted octanol–water partition coefficient (Wildman–Crippen LogP) is 2.32. The van der Waals surface area contributed by atoms with Gasteiger partial charge >= 0.3 is 0 Å². The summed E-state index contributed by atoms with van der Waals surface area (Å²) in [6.07, 6.45) is -0.994. The molecular formula is C17H21NO4S. The van der Waals surface area contributed by atoms with Crippen molar-refractivity contribution < 1.29 is 18.3 Å². The molecule has 0 aromatic heterocycles. The van der Waals surface area contributed by atoms with Crippen LogP contribution < -0.4 is 9.46 Å². The molecule has 0 saturated carbocycles. The zero-order valence-corrected chi connectivity index (χ0v) is 14.2. The third kappa shape index (κ3) is 4.10. The minimum absolute atomic E-state index is 0.129. The van der Waals surface area contributed by atoms with E-state index in [2.05, 4.69) is 4.72 Å². The smallest absolute Gasteiger partial charge is 0.240 e. The highest BCUT2D eigenvalue weighted by atomic mass is 32.2. The fourth-order valence-corrected chi connectivity index (χ4v) is 3.68. The zero-order valence-electron chi connectivity index (χ0n) is 13.4. The largest absolute Gasteiger partial charge is 0.496 e. The molecule has 2 N–H and O–H groups in total. The van der Waals surface area contributed by atoms with E-state index in [1.165, 1.54) is 7.11 Å². The van der Waals surface area contributed by atoms with Crippen LogP contribution in [0.5, 0.6) is 5.75 Å². The zero-order chi connectivity index (χ0) is 17.0. The SMILES string of the molecule is COc1ccccc1C(O)CNS(=O)(=O)c1cc(C)ccc1C. The second-order valence-electron chi connectivity index (χ2n) is 5.38. The highest BCUT2D eigenvalue weighted by molar-refractivity contribution is 7.89. The van der Waals surface area contributed by atoms with E-state index >= 15 is 0 Å². The first-order valence-corrected chi connectivity index (χ1v) is 8.71. The minimum atomic E-state index is -3.69. The van der Waals surface area contributed by atoms with Gasteiger partial charge in [0.2, 0.25) is 10.0 Å². The highest BCUT2D eigenvalue weighted by Crippen LogP contribution is 2.25. The topological polar surface area (TPSA) is 75.6 Å². The van der Waals surface area contributed by atoms with Gasteiger partial charge in [-0.2, -0.15) is 0 Å². The first-order chi connectivity index (χ1) is 10.8. The van der Waals surface area contributed by atoms with Crippen molar-refractivity contribution in [1.82, 2.24) is 4.72 Å². The molecule has 2 aromatic rings. The molecule has 23 heavy (non-hydrogen) atoms. The van der Waals surface area contributed by atoms with Gasteiger partial charge in [0, 0.05) is 12.1 Å². The number of methoxy groups -OCH3 is 1. The van der Waals surface area contributed by atoms with Crippen molar-refractivity contribution in [3.05, 3.63) is 59.2 Å². The average Bonchev–Trinajstić information content (AvgIpc) is 2.54. The lowest BCUT2D eigenvalue weighted by Crippen LogP contribution is -2.29. The molecule has 1 unspecified atom stereocenters. The normalized spacial score (nSPS) is 12.9. The van der Waals surface area contributed by atoms with Crippen LogP contribution in [0, 0.1) is 13.8 Å². The van der Waals surface area contributed by atoms with Crippen LogP contribution in [-0.4, -0.2) is 27.2 Å². The molecule has 0 aliphatic rings. The number of hydrogen-bond acceptors (Lipinski definition) is 4. The third-order valence-electron chi connectivity index (χ3n) is 3.60. The van der Waals surface area contributed by atoms with E-state index in [1.807, 2.05) is 13.0 Å². The number of ether oxygens (including phenoxy) is 1. The summed E-state index contributed by atoms with van der Waals surface area (Å²) in [6, 6.07) is 12.2. The van der Waals surface area contributed by atoms with Gasteiger partial charge in [0.05, 0.1) is 18.1 Å². The maximum atomic E-state index is 12.4. The van der Waals surface area contributed by atoms with Crippen LogP contribution in [0.4, 0.5) is 0 Å². The molecule has 2 aromatic carbocycles. The molecule has 124 valence electrons. The summed E-state index contributed by atoms with van der Waals surface area (Å²) in [7, 11) is -2.18. The van der Waals surface area contributed by atoms with Crippen molar-refractivity contribution in [2.45, 2.75) is 24.8 Å². The number of para-hydroxylation sites is 1. The van der Waals surface area contributed by atoms with Crippen LogP contribution in [0.3, 0.4) is 0 Å². The summed E-state index contributed by atoms with van der Waals surface area (Å²) in [5.41, 5.74) is 2.06. The molecule has 5 nitrogen and oxygen atoms in total. The number of sulfonamides is 1. The number of aliphatic hydroxyl groups is 1. The second kappa shape index (κ2) is 7.12. The molecule has 0 aliphatic heterocycles. The van der Waals surface area contributed by atoms with Gasteiger partial charge in [0.25, 0.3) is 0 Å². The van der Waals surface area contributed by atoms with E-state index in [1.54, 1.807) is 43.3 Å². The Morgan fingerprint density at radius 1 is 1.17 bits per heavy atom. The Hall–Kier alpha value is -1.89. The van der Waals surface area contributed by atoms with E-state index < -0.39 is 16.1 Å². The molecule has 1 atom stereocenters. The maximum absolute atomic E-state index is 12.4. The maximum Gasteiger partial charge on any atom is 0.240 e. The van der Waals surface area contributed by atoms with Crippen molar-refractivity contribution in [1.29, 1.82) is 0 Å². The van der Waals surface area contributed by atoms with Crippen LogP contribution in [0.15, 0.2) is 47.4 Å². The summed E-state index contributed by atoms with van der Waals surface area (Å²) in [5, 5.41) is 10.3. The molecule has 0 amide bonds. The van der Waals surface area contributed by atoms with Gasteiger partial charge in [-0.1, -0.05) is 30.3 Å². The molecule has 0 spiro atoms. The van der Waals surface area contributed by atoms with Gasteiger partial charge in [-0.25, -0.2) is 13.1 Å². The monoisotopic (exact) mass is 335 g/mol. The predicted molar refractivity (Wildman–Crippen MR) is 89.1 cm³/mol. The lowest BCUT2D eigenvalue weighted by atomic mass is 10.1. The van der Waals surface area contributed by atoms with Crippen molar-refractivity contribution in [2.75, 3.05) is 13.7 Å². The Labute approximate surface area is 137 Å². The Bertz CT molecular complexity index is 787. The quantitative estimate of drug-likeness (QED) is 0.849. The summed E-state index contributed by atoms with van der Waals surface area (Å²) in [4.78, 5) is 0.227. The number of rotatable bonds is 6. The summed E-state index contributed by atoms with van der Waals surface area (Å²) >= 11 is 0. The van der Waals surface area contributed by atoms with Crippen molar-refractivity contribution in [3.63, 3.8) is 0 Å². The van der Waals surface area contributed by atoms with Crippen LogP contribution in [0.2, 0.25) is 0 Å². The lowest BCUT2D eigenvalue weighted by molar-refractivity contribution is 0.177. The number of nitrogens with one attached hydrogen (secondary N) is 1. The minimum Gasteiger partial charge on any atom is -0.496 e. The molecule has 2 rings (SSSR count). The molecule has 0 fully saturated rings. The van der Waals surface area contributed by atoms with Crippen LogP contribution >= 0.6 is 0 Å². The Kier molecular flexibility index (Phi) is 5.41. The first-order valence-electron chi connectivity index (χ1n) is 7.23. The summed E-state index contributed by atoms with van der Waals surface area (Å²) in [6.45, 7) is 3.45. The van der Waals surface area contributed by atoms with Crippen molar-refractivity contribution in [2.24, 2.45) is 0 Å². The molecular weight excluding hydrogens is 314 g/mol. The van der Waals surface area contributed by atoms with E-state index in [0.717, 1.165) is 5.56 Å². The fraction of sp³-hybridized carbons (Fsp3) is 0.294. The highest BCUT2D eigenvalue weighted by Gasteiger charge is 2.20. The number of aliphatic hydroxyl groups excluding tert-OH is 1. The van der Waals surface area contributed by atoms with E-state index in [9.17, 15) is 13.5 Å². The number of hydrogen-bond donors (Lipinski definition) is 2. The fourth-order valence-electron chi connectivity index (χ4n) is 2.31. The van der Waals surface area contributed by atoms with E-state index in [-0.39, 0.29) is 11.4 Å². The Morgan fingerprint density at radius 3 is 2.57 bits per heavy atom. The van der Waals surface area contributed by atoms with Gasteiger partial charge < -0.3 is 9.84 Å². The standard InChI is InChI=1S/C17H21NO4S/c1-12-8-9-13(2)17(10-12)23(20,21)18-11-15(19)14-6-4-5-7-16(14)22-3/h4-10,15,18-19H,11H2,1-3H3. The molecule has 6 heteroatoms. The van der Waals surface area contributed by atoms with E-state index in [0.29, 0.717) is 16.9 Å². The van der Waals surface area contributed by atoms with Crippen LogP contribution in [-0.2, 0) is 10.0 Å². The van der Waals surface area contributed by atoms with Crippen LogP contribution in [0.25, 0.3) is 0 Å². The molecule has 0 radical (unpaired) electrons. The van der Waals surface area contributed by atoms with Crippen LogP contribution in [0.1, 0.15) is 22.8 Å². The Balaban J connectivity index is 2.17. The van der Waals surface area contributed by atoms with Gasteiger partial charge in [-0.15, -0.1) is 0 Å². The Morgan fingerprint density at radius 2 is 1.87 bits per heavy atom. The van der Waals surface area contributed by atoms with Crippen molar-refractivity contribution in [3.8, 4) is 5.75 Å². The van der Waals surface area contributed by atoms with Gasteiger partial charge in [-0.3, -0.25) is 0 Å². The number of benzene rings is 2. The molecule has 0 saturated heterocycles. The molecule has 0 aliphatic carbocycles. The molecule has 0 heterocycles. The van der Waals surface area contributed by atoms with Gasteiger partial charge in [-0.05, 0) is 37.1 Å². The van der Waals surface area contributed by atoms with Crippen molar-refractivity contribution >= 4 is 10.0 Å². The lowest BCUT2D eigenvalue weighted by Gasteiger charge is -2.16. The number of aryl methyl sites for hydroxylation is 2. The van der Waals surface area contributed by atoms with E-state index in [4.69, 9.17) is 4.74 Å². The second-order valence-corrected chi connectivity index (χ2v) is 7.11. The molecule has 0 bridgehead atoms. The first kappa shape index (κ1) is 17.5. The average molecular weight is 335 g/mol. The summed E-state index contributed by atoms with van der Waals surface area (Å²) in [5.74, 6) is 0.519. The van der Waals surface area contributed by atoms with Gasteiger partial charge in [0.1, 0.15) is 5.75 Å².